The van der Waals surface area contributed by atoms with Gasteiger partial charge in [0.15, 0.2) is 0 Å². The molecule has 0 saturated carbocycles. The SMILES string of the molecule is C1COC1.C1COC1.CCC1(COCC2(CC)COC2)COC1.O=C(O)O. The Balaban J connectivity index is 0.000000245. The molecule has 2 N–H and O–H groups in total. The summed E-state index contributed by atoms with van der Waals surface area (Å²) in [6, 6.07) is 0. The van der Waals surface area contributed by atoms with Crippen LogP contribution in [-0.4, -0.2) is 82.4 Å². The molecule has 4 saturated heterocycles. The molecule has 4 fully saturated rings. The summed E-state index contributed by atoms with van der Waals surface area (Å²) in [5, 5.41) is 13.9. The maximum Gasteiger partial charge on any atom is 0.503 e. The lowest BCUT2D eigenvalue weighted by atomic mass is 9.83. The molecule has 0 amide bonds. The average Bonchev–Trinajstić information content (AvgIpc) is 2.40. The van der Waals surface area contributed by atoms with Gasteiger partial charge in [0.1, 0.15) is 0 Å². The third kappa shape index (κ3) is 9.71. The molecule has 0 unspecified atom stereocenters. The van der Waals surface area contributed by atoms with E-state index in [2.05, 4.69) is 13.8 Å². The molecule has 8 heteroatoms. The average molecular weight is 392 g/mol. The van der Waals surface area contributed by atoms with E-state index in [-0.39, 0.29) is 0 Å². The second-order valence-corrected chi connectivity index (χ2v) is 7.40. The van der Waals surface area contributed by atoms with Crippen LogP contribution in [-0.2, 0) is 23.7 Å². The monoisotopic (exact) mass is 392 g/mol. The van der Waals surface area contributed by atoms with Gasteiger partial charge in [0.2, 0.25) is 0 Å². The Morgan fingerprint density at radius 1 is 0.778 bits per heavy atom. The summed E-state index contributed by atoms with van der Waals surface area (Å²) in [4.78, 5) is 8.56. The van der Waals surface area contributed by atoms with Crippen molar-refractivity contribution in [3.05, 3.63) is 0 Å². The standard InChI is InChI=1S/C12H22O3.2C3H6O.CH2O3/c1-3-11(5-13-6-11)9-15-10-12(4-2)7-14-8-12;2*1-2-4-3-1;2-1(3)4/h3-10H2,1-2H3;2*1-3H2;(H2,2,3,4). The summed E-state index contributed by atoms with van der Waals surface area (Å²) in [6.07, 6.45) is 3.03. The van der Waals surface area contributed by atoms with Gasteiger partial charge in [-0.3, -0.25) is 0 Å². The van der Waals surface area contributed by atoms with Gasteiger partial charge in [-0.2, -0.15) is 0 Å². The maximum atomic E-state index is 8.56. The Kier molecular flexibility index (Phi) is 11.9. The Morgan fingerprint density at radius 2 is 1.04 bits per heavy atom. The van der Waals surface area contributed by atoms with E-state index in [1.807, 2.05) is 0 Å². The topological polar surface area (TPSA) is 104 Å². The predicted molar refractivity (Wildman–Crippen MR) is 99.4 cm³/mol. The smallest absolute Gasteiger partial charge is 0.450 e. The van der Waals surface area contributed by atoms with Crippen molar-refractivity contribution in [3.8, 4) is 0 Å². The summed E-state index contributed by atoms with van der Waals surface area (Å²) in [6.45, 7) is 13.6. The van der Waals surface area contributed by atoms with Crippen molar-refractivity contribution in [2.45, 2.75) is 39.5 Å². The molecule has 4 heterocycles. The maximum absolute atomic E-state index is 8.56. The van der Waals surface area contributed by atoms with Gasteiger partial charge in [-0.15, -0.1) is 0 Å². The van der Waals surface area contributed by atoms with Crippen LogP contribution in [0.25, 0.3) is 0 Å². The van der Waals surface area contributed by atoms with E-state index in [1.54, 1.807) is 0 Å². The molecule has 0 atom stereocenters. The van der Waals surface area contributed by atoms with Gasteiger partial charge in [0.25, 0.3) is 0 Å². The van der Waals surface area contributed by atoms with Crippen LogP contribution in [0, 0.1) is 10.8 Å². The van der Waals surface area contributed by atoms with Gasteiger partial charge in [0.05, 0.1) is 39.6 Å². The number of hydrogen-bond donors (Lipinski definition) is 2. The van der Waals surface area contributed by atoms with Crippen LogP contribution < -0.4 is 0 Å². The molecule has 0 radical (unpaired) electrons. The van der Waals surface area contributed by atoms with E-state index in [0.29, 0.717) is 10.8 Å². The first-order valence-electron chi connectivity index (χ1n) is 9.78. The van der Waals surface area contributed by atoms with E-state index < -0.39 is 6.16 Å². The van der Waals surface area contributed by atoms with Crippen molar-refractivity contribution in [1.82, 2.24) is 0 Å². The molecular formula is C19H36O8. The molecule has 160 valence electrons. The molecule has 8 nitrogen and oxygen atoms in total. The molecule has 0 aromatic heterocycles. The highest BCUT2D eigenvalue weighted by Gasteiger charge is 2.40. The quantitative estimate of drug-likeness (QED) is 0.711. The van der Waals surface area contributed by atoms with Crippen LogP contribution in [0.15, 0.2) is 0 Å². The largest absolute Gasteiger partial charge is 0.503 e. The number of hydrogen-bond acceptors (Lipinski definition) is 6. The Bertz CT molecular complexity index is 332. The zero-order chi connectivity index (χ0) is 20.0. The lowest BCUT2D eigenvalue weighted by molar-refractivity contribution is -0.187. The van der Waals surface area contributed by atoms with Gasteiger partial charge >= 0.3 is 6.16 Å². The molecule has 0 aliphatic carbocycles. The first kappa shape index (κ1) is 24.1. The molecule has 4 rings (SSSR count). The van der Waals surface area contributed by atoms with Gasteiger partial charge in [-0.1, -0.05) is 13.8 Å². The summed E-state index contributed by atoms with van der Waals surface area (Å²) < 4.78 is 25.9. The van der Waals surface area contributed by atoms with E-state index >= 15 is 0 Å². The zero-order valence-electron chi connectivity index (χ0n) is 16.7. The van der Waals surface area contributed by atoms with Crippen LogP contribution in [0.4, 0.5) is 4.79 Å². The fourth-order valence-electron chi connectivity index (χ4n) is 2.33. The predicted octanol–water partition coefficient (Wildman–Crippen LogP) is 2.89. The van der Waals surface area contributed by atoms with Gasteiger partial charge in [0, 0.05) is 37.3 Å². The minimum absolute atomic E-state index is 0.319. The lowest BCUT2D eigenvalue weighted by Crippen LogP contribution is -2.49. The van der Waals surface area contributed by atoms with Crippen molar-refractivity contribution in [2.24, 2.45) is 10.8 Å². The van der Waals surface area contributed by atoms with Crippen molar-refractivity contribution >= 4 is 6.16 Å². The summed E-state index contributed by atoms with van der Waals surface area (Å²) in [5.74, 6) is 0. The molecule has 0 spiro atoms. The van der Waals surface area contributed by atoms with E-state index in [0.717, 1.165) is 78.9 Å². The van der Waals surface area contributed by atoms with Gasteiger partial charge in [-0.25, -0.2) is 4.79 Å². The third-order valence-corrected chi connectivity index (χ3v) is 5.10. The Labute approximate surface area is 162 Å². The molecule has 4 aliphatic rings. The minimum atomic E-state index is -1.83. The highest BCUT2D eigenvalue weighted by atomic mass is 16.6. The van der Waals surface area contributed by atoms with Crippen LogP contribution in [0.3, 0.4) is 0 Å². The molecule has 4 aliphatic heterocycles. The molecule has 0 aromatic rings. The van der Waals surface area contributed by atoms with Crippen LogP contribution in [0.5, 0.6) is 0 Å². The van der Waals surface area contributed by atoms with E-state index in [1.165, 1.54) is 12.8 Å². The summed E-state index contributed by atoms with van der Waals surface area (Å²) >= 11 is 0. The summed E-state index contributed by atoms with van der Waals surface area (Å²) in [5.41, 5.74) is 0.638. The first-order valence-corrected chi connectivity index (χ1v) is 9.78. The number of carbonyl (C=O) groups is 1. The molecular weight excluding hydrogens is 356 g/mol. The van der Waals surface area contributed by atoms with Crippen molar-refractivity contribution in [1.29, 1.82) is 0 Å². The second kappa shape index (κ2) is 13.3. The Hall–Kier alpha value is -0.930. The number of rotatable bonds is 6. The Morgan fingerprint density at radius 3 is 1.15 bits per heavy atom. The molecule has 0 aromatic carbocycles. The lowest BCUT2D eigenvalue weighted by Gasteiger charge is -2.44. The first-order chi connectivity index (χ1) is 13.0. The second-order valence-electron chi connectivity index (χ2n) is 7.40. The number of ether oxygens (including phenoxy) is 5. The van der Waals surface area contributed by atoms with Crippen molar-refractivity contribution in [2.75, 3.05) is 66.1 Å². The van der Waals surface area contributed by atoms with Crippen LogP contribution in [0.1, 0.15) is 39.5 Å². The van der Waals surface area contributed by atoms with Gasteiger partial charge in [-0.05, 0) is 25.7 Å². The normalized spacial score (nSPS) is 22.9. The van der Waals surface area contributed by atoms with E-state index in [9.17, 15) is 0 Å². The fraction of sp³-hybridized carbons (Fsp3) is 0.947. The van der Waals surface area contributed by atoms with Crippen LogP contribution in [0.2, 0.25) is 0 Å². The molecule has 27 heavy (non-hydrogen) atoms. The van der Waals surface area contributed by atoms with Crippen LogP contribution >= 0.6 is 0 Å². The fourth-order valence-corrected chi connectivity index (χ4v) is 2.33. The molecule has 0 bridgehead atoms. The highest BCUT2D eigenvalue weighted by molar-refractivity contribution is 5.53. The van der Waals surface area contributed by atoms with Crippen molar-refractivity contribution < 1.29 is 38.7 Å². The third-order valence-electron chi connectivity index (χ3n) is 5.10. The minimum Gasteiger partial charge on any atom is -0.450 e. The zero-order valence-corrected chi connectivity index (χ0v) is 16.7. The van der Waals surface area contributed by atoms with E-state index in [4.69, 9.17) is 38.7 Å². The van der Waals surface area contributed by atoms with Crippen molar-refractivity contribution in [3.63, 3.8) is 0 Å². The highest BCUT2D eigenvalue weighted by Crippen LogP contribution is 2.35. The number of carboxylic acid groups (broad SMARTS) is 2. The van der Waals surface area contributed by atoms with Gasteiger partial charge < -0.3 is 33.9 Å². The summed E-state index contributed by atoms with van der Waals surface area (Å²) in [7, 11) is 0.